The van der Waals surface area contributed by atoms with E-state index in [0.29, 0.717) is 0 Å². The maximum Gasteiger partial charge on any atom is 0.0413 e. The number of hydrogen-bond donors (Lipinski definition) is 0. The molecule has 1 aromatic heterocycles. The van der Waals surface area contributed by atoms with Crippen molar-refractivity contribution in [2.24, 2.45) is 0 Å². The number of aryl methyl sites for hydroxylation is 1. The lowest BCUT2D eigenvalue weighted by Crippen LogP contribution is -1.87. The third-order valence-electron chi connectivity index (χ3n) is 1.47. The summed E-state index contributed by atoms with van der Waals surface area (Å²) in [4.78, 5) is 4.24. The second-order valence-electron chi connectivity index (χ2n) is 2.42. The summed E-state index contributed by atoms with van der Waals surface area (Å²) in [6.07, 6.45) is 4.97. The molecule has 0 aliphatic rings. The molecule has 0 saturated carbocycles. The smallest absolute Gasteiger partial charge is 0.0413 e. The van der Waals surface area contributed by atoms with Crippen LogP contribution in [0.15, 0.2) is 22.8 Å². The van der Waals surface area contributed by atoms with Gasteiger partial charge in [-0.2, -0.15) is 0 Å². The highest BCUT2D eigenvalue weighted by Gasteiger charge is 1.92. The van der Waals surface area contributed by atoms with Crippen LogP contribution >= 0.6 is 15.9 Å². The lowest BCUT2D eigenvalue weighted by molar-refractivity contribution is 0.815. The molecule has 1 heterocycles. The molecule has 0 unspecified atom stereocenters. The Balaban J connectivity index is 2.52. The van der Waals surface area contributed by atoms with Crippen LogP contribution in [0.2, 0.25) is 0 Å². The molecule has 0 spiro atoms. The lowest BCUT2D eigenvalue weighted by atomic mass is 10.2. The van der Waals surface area contributed by atoms with Crippen molar-refractivity contribution >= 4 is 15.9 Å². The predicted octanol–water partition coefficient (Wildman–Crippen LogP) is 3.00. The topological polar surface area (TPSA) is 12.9 Å². The van der Waals surface area contributed by atoms with E-state index in [0.717, 1.165) is 29.4 Å². The summed E-state index contributed by atoms with van der Waals surface area (Å²) >= 11 is 3.34. The van der Waals surface area contributed by atoms with Crippen molar-refractivity contribution in [3.63, 3.8) is 0 Å². The van der Waals surface area contributed by atoms with Crippen molar-refractivity contribution in [1.82, 2.24) is 4.98 Å². The number of rotatable bonds is 3. The van der Waals surface area contributed by atoms with Gasteiger partial charge in [-0.1, -0.05) is 13.3 Å². The van der Waals surface area contributed by atoms with Gasteiger partial charge in [0.2, 0.25) is 0 Å². The molecule has 0 aliphatic carbocycles. The van der Waals surface area contributed by atoms with Gasteiger partial charge in [0.05, 0.1) is 0 Å². The van der Waals surface area contributed by atoms with Gasteiger partial charge in [-0.15, -0.1) is 0 Å². The highest BCUT2D eigenvalue weighted by Crippen LogP contribution is 2.08. The first-order chi connectivity index (χ1) is 5.33. The predicted molar refractivity (Wildman–Crippen MR) is 50.2 cm³/mol. The molecule has 0 N–H and O–H groups in total. The molecule has 11 heavy (non-hydrogen) atoms. The van der Waals surface area contributed by atoms with Crippen LogP contribution < -0.4 is 0 Å². The average molecular weight is 213 g/mol. The summed E-state index contributed by atoms with van der Waals surface area (Å²) in [6.45, 7) is 3.78. The van der Waals surface area contributed by atoms with E-state index in [-0.39, 0.29) is 0 Å². The Kier molecular flexibility index (Phi) is 3.57. The van der Waals surface area contributed by atoms with Gasteiger partial charge < -0.3 is 0 Å². The van der Waals surface area contributed by atoms with Crippen molar-refractivity contribution in [2.75, 3.05) is 0 Å². The molecule has 0 fully saturated rings. The van der Waals surface area contributed by atoms with Gasteiger partial charge in [-0.25, -0.2) is 0 Å². The molecule has 0 saturated heterocycles. The third kappa shape index (κ3) is 3.02. The number of nitrogens with zero attached hydrogens (tertiary/aromatic N) is 1. The van der Waals surface area contributed by atoms with E-state index < -0.39 is 0 Å². The molecule has 1 aromatic rings. The van der Waals surface area contributed by atoms with Crippen molar-refractivity contribution in [2.45, 2.75) is 19.3 Å². The minimum atomic E-state index is 0.984. The fraction of sp³-hybridized carbons (Fsp3) is 0.333. The largest absolute Gasteiger partial charge is 0.260 e. The van der Waals surface area contributed by atoms with Crippen LogP contribution in [0, 0.1) is 6.92 Å². The fourth-order valence-electron chi connectivity index (χ4n) is 0.860. The van der Waals surface area contributed by atoms with E-state index in [4.69, 9.17) is 0 Å². The van der Waals surface area contributed by atoms with E-state index in [1.165, 1.54) is 0 Å². The van der Waals surface area contributed by atoms with Gasteiger partial charge >= 0.3 is 0 Å². The summed E-state index contributed by atoms with van der Waals surface area (Å²) in [5.41, 5.74) is 1.15. The molecule has 2 heteroatoms. The van der Waals surface area contributed by atoms with E-state index in [9.17, 15) is 0 Å². The number of halogens is 1. The Hall–Kier alpha value is -0.370. The van der Waals surface area contributed by atoms with Crippen LogP contribution in [0.1, 0.15) is 18.5 Å². The maximum absolute atomic E-state index is 4.24. The third-order valence-corrected chi connectivity index (χ3v) is 1.94. The fourth-order valence-corrected chi connectivity index (χ4v) is 1.09. The number of aromatic nitrogens is 1. The normalized spacial score (nSPS) is 10.0. The Morgan fingerprint density at radius 2 is 2.27 bits per heavy atom. The minimum absolute atomic E-state index is 0.984. The van der Waals surface area contributed by atoms with Gasteiger partial charge in [0, 0.05) is 16.4 Å². The number of unbranched alkanes of at least 4 members (excludes halogenated alkanes) is 1. The van der Waals surface area contributed by atoms with Crippen LogP contribution in [0.25, 0.3) is 0 Å². The van der Waals surface area contributed by atoms with Crippen molar-refractivity contribution in [3.05, 3.63) is 35.4 Å². The van der Waals surface area contributed by atoms with Crippen LogP contribution in [-0.4, -0.2) is 4.98 Å². The molecule has 0 amide bonds. The maximum atomic E-state index is 4.24. The minimum Gasteiger partial charge on any atom is -0.260 e. The molecular formula is C9H11BrN. The van der Waals surface area contributed by atoms with Gasteiger partial charge in [0.25, 0.3) is 0 Å². The highest BCUT2D eigenvalue weighted by molar-refractivity contribution is 9.10. The summed E-state index contributed by atoms with van der Waals surface area (Å²) < 4.78 is 1.04. The monoisotopic (exact) mass is 212 g/mol. The lowest BCUT2D eigenvalue weighted by Gasteiger charge is -1.97. The molecule has 0 bridgehead atoms. The molecule has 0 atom stereocenters. The van der Waals surface area contributed by atoms with E-state index in [1.807, 2.05) is 18.3 Å². The molecule has 0 aromatic carbocycles. The first kappa shape index (κ1) is 8.72. The summed E-state index contributed by atoms with van der Waals surface area (Å²) in [6, 6.07) is 4.06. The number of hydrogen-bond acceptors (Lipinski definition) is 1. The summed E-state index contributed by atoms with van der Waals surface area (Å²) in [7, 11) is 0. The Labute approximate surface area is 76.0 Å². The Morgan fingerprint density at radius 3 is 2.82 bits per heavy atom. The molecule has 1 nitrogen and oxygen atoms in total. The van der Waals surface area contributed by atoms with Gasteiger partial charge in [0.1, 0.15) is 0 Å². The van der Waals surface area contributed by atoms with E-state index in [1.54, 1.807) is 0 Å². The van der Waals surface area contributed by atoms with Crippen LogP contribution in [0.5, 0.6) is 0 Å². The first-order valence-corrected chi connectivity index (χ1v) is 4.52. The van der Waals surface area contributed by atoms with Crippen molar-refractivity contribution < 1.29 is 0 Å². The van der Waals surface area contributed by atoms with Crippen LogP contribution in [0.3, 0.4) is 0 Å². The molecule has 1 radical (unpaired) electrons. The van der Waals surface area contributed by atoms with Crippen molar-refractivity contribution in [3.8, 4) is 0 Å². The van der Waals surface area contributed by atoms with Gasteiger partial charge in [0.15, 0.2) is 0 Å². The first-order valence-electron chi connectivity index (χ1n) is 3.72. The Morgan fingerprint density at radius 1 is 1.45 bits per heavy atom. The quantitative estimate of drug-likeness (QED) is 0.752. The second-order valence-corrected chi connectivity index (χ2v) is 3.34. The zero-order chi connectivity index (χ0) is 8.10. The standard InChI is InChI=1S/C9H11BrN/c1-2-3-4-9-6-5-8(10)7-11-9/h5-7H,1-4H2. The molecule has 59 valence electrons. The highest BCUT2D eigenvalue weighted by atomic mass is 79.9. The van der Waals surface area contributed by atoms with Crippen molar-refractivity contribution in [1.29, 1.82) is 0 Å². The molecule has 0 aliphatic heterocycles. The van der Waals surface area contributed by atoms with Crippen LogP contribution in [-0.2, 0) is 6.42 Å². The zero-order valence-electron chi connectivity index (χ0n) is 6.39. The molecular weight excluding hydrogens is 202 g/mol. The van der Waals surface area contributed by atoms with Crippen LogP contribution in [0.4, 0.5) is 0 Å². The average Bonchev–Trinajstić information content (AvgIpc) is 2.04. The Bertz CT molecular complexity index is 205. The van der Waals surface area contributed by atoms with E-state index >= 15 is 0 Å². The summed E-state index contributed by atoms with van der Waals surface area (Å²) in [5.74, 6) is 0. The van der Waals surface area contributed by atoms with Gasteiger partial charge in [-0.3, -0.25) is 4.98 Å². The number of pyridine rings is 1. The second kappa shape index (κ2) is 4.50. The zero-order valence-corrected chi connectivity index (χ0v) is 7.97. The SMILES string of the molecule is [CH2]CCCc1ccc(Br)cn1. The van der Waals surface area contributed by atoms with Gasteiger partial charge in [-0.05, 0) is 40.9 Å². The summed E-state index contributed by atoms with van der Waals surface area (Å²) in [5, 5.41) is 0. The molecule has 1 rings (SSSR count). The van der Waals surface area contributed by atoms with E-state index in [2.05, 4.69) is 27.8 Å².